The second-order valence-corrected chi connectivity index (χ2v) is 22.2. The molecule has 0 N–H and O–H groups in total. The van der Waals surface area contributed by atoms with Crippen LogP contribution in [0, 0.1) is 11.3 Å². The van der Waals surface area contributed by atoms with Crippen LogP contribution >= 0.6 is 0 Å². The summed E-state index contributed by atoms with van der Waals surface area (Å²) in [7, 11) is -2.89. The second-order valence-electron chi connectivity index (χ2n) is 18.4. The minimum Gasteiger partial charge on any atom is -0.376 e. The lowest BCUT2D eigenvalue weighted by atomic mass is 9.46. The lowest BCUT2D eigenvalue weighted by Crippen LogP contribution is -2.74. The maximum absolute atomic E-state index is 10.0. The van der Waals surface area contributed by atoms with Gasteiger partial charge in [0.25, 0.3) is 0 Å². The van der Waals surface area contributed by atoms with Crippen LogP contribution in [-0.2, 0) is 0 Å². The summed E-state index contributed by atoms with van der Waals surface area (Å²) in [6.07, 6.45) is 0. The molecule has 5 nitrogen and oxygen atoms in total. The Morgan fingerprint density at radius 1 is 0.431 bits per heavy atom. The van der Waals surface area contributed by atoms with Crippen LogP contribution in [0.3, 0.4) is 0 Å². The Bertz CT molecular complexity index is 3930. The van der Waals surface area contributed by atoms with E-state index in [4.69, 9.17) is 9.97 Å². The highest BCUT2D eigenvalue weighted by molar-refractivity contribution is 7.20. The molecule has 1 aliphatic heterocycles. The summed E-state index contributed by atoms with van der Waals surface area (Å²) >= 11 is 0. The minimum absolute atomic E-state index is 0.0858. The Kier molecular flexibility index (Phi) is 10.6. The van der Waals surface area contributed by atoms with Crippen molar-refractivity contribution in [3.63, 3.8) is 0 Å². The van der Waals surface area contributed by atoms with Gasteiger partial charge in [0.1, 0.15) is 5.82 Å². The molecule has 1 aliphatic rings. The number of nitriles is 1. The Balaban J connectivity index is 1.05. The van der Waals surface area contributed by atoms with Gasteiger partial charge in [0, 0.05) is 44.9 Å². The van der Waals surface area contributed by atoms with E-state index < -0.39 is 8.07 Å². The molecular weight excluding hydrogens is 890 g/mol. The fourth-order valence-corrected chi connectivity index (χ4v) is 16.1. The van der Waals surface area contributed by atoms with Crippen molar-refractivity contribution in [1.82, 2.24) is 14.5 Å². The molecule has 0 spiro atoms. The first-order valence-electron chi connectivity index (χ1n) is 24.4. The third-order valence-electron chi connectivity index (χ3n) is 14.4. The first kappa shape index (κ1) is 42.7. The fourth-order valence-electron chi connectivity index (χ4n) is 11.3. The van der Waals surface area contributed by atoms with E-state index in [1.165, 1.54) is 42.8 Å². The topological polar surface area (TPSA) is 57.7 Å². The number of anilines is 2. The van der Waals surface area contributed by atoms with Crippen LogP contribution < -0.4 is 36.5 Å². The summed E-state index contributed by atoms with van der Waals surface area (Å²) in [4.78, 5) is 13.6. The van der Waals surface area contributed by atoms with Crippen molar-refractivity contribution in [3.8, 4) is 45.7 Å². The Hall–Kier alpha value is -9.35. The second kappa shape index (κ2) is 17.9. The number of aromatic nitrogens is 3. The molecule has 2 aromatic heterocycles. The van der Waals surface area contributed by atoms with E-state index in [2.05, 4.69) is 264 Å². The number of para-hydroxylation sites is 2. The van der Waals surface area contributed by atoms with Crippen LogP contribution in [0.2, 0.25) is 0 Å². The predicted molar refractivity (Wildman–Crippen MR) is 301 cm³/mol. The molecule has 7 heteroatoms. The monoisotopic (exact) mass is 933 g/mol. The molecule has 13 rings (SSSR count). The number of nitrogens with zero attached hydrogens (tertiary/aromatic N) is 5. The van der Waals surface area contributed by atoms with Crippen LogP contribution in [0.15, 0.2) is 267 Å². The molecule has 336 valence electrons. The molecule has 0 fully saturated rings. The zero-order valence-electron chi connectivity index (χ0n) is 39.2. The lowest BCUT2D eigenvalue weighted by Gasteiger charge is -2.39. The Morgan fingerprint density at radius 2 is 1.01 bits per heavy atom. The van der Waals surface area contributed by atoms with Crippen molar-refractivity contribution in [2.45, 2.75) is 0 Å². The number of hydrogen-bond acceptors (Lipinski definition) is 4. The first-order valence-corrected chi connectivity index (χ1v) is 26.4. The van der Waals surface area contributed by atoms with Crippen LogP contribution in [0.4, 0.5) is 11.4 Å². The van der Waals surface area contributed by atoms with Crippen molar-refractivity contribution >= 4 is 79.8 Å². The van der Waals surface area contributed by atoms with Gasteiger partial charge in [-0.1, -0.05) is 224 Å². The maximum atomic E-state index is 10.0. The van der Waals surface area contributed by atoms with Crippen molar-refractivity contribution in [3.05, 3.63) is 272 Å². The Morgan fingerprint density at radius 3 is 1.74 bits per heavy atom. The zero-order chi connectivity index (χ0) is 48.0. The standard InChI is InChI=1S/C65H44BN5Si/c67-45-46-39-40-62-58(41-46)57-35-14-17-37-61(57)70(62)64-44-60(47-21-20-32-54(43-47)72(51-26-7-2-8-27-51,52-28-9-3-10-29-52)53-30-11-4-12-31-53)68-65(69-64)48-22-19-25-50(42-48)71-63-38-18-15-34-56(63)55-33-13-16-36-59(55)66(71)49-23-5-1-6-24-49/h1-44H. The SMILES string of the molecule is N#Cc1ccc2c(c1)c1ccccc1n2-c1cc(-c2cccc([Si](c3ccccc3)(c3ccccc3)c3ccccc3)c2)nc(-c2cccc(N3B(c4ccccc4)c4ccccc4-c4ccccc43)c2)n1. The summed E-state index contributed by atoms with van der Waals surface area (Å²) in [5.41, 5.74) is 12.3. The molecule has 0 bridgehead atoms. The quantitative estimate of drug-likeness (QED) is 0.107. The van der Waals surface area contributed by atoms with Crippen molar-refractivity contribution < 1.29 is 0 Å². The van der Waals surface area contributed by atoms with Crippen molar-refractivity contribution in [2.75, 3.05) is 4.81 Å². The third kappa shape index (κ3) is 7.08. The number of rotatable bonds is 9. The first-order chi connectivity index (χ1) is 35.7. The summed E-state index contributed by atoms with van der Waals surface area (Å²) in [6, 6.07) is 98.1. The highest BCUT2D eigenvalue weighted by Crippen LogP contribution is 2.41. The number of fused-ring (bicyclic) bond motifs is 6. The maximum Gasteiger partial charge on any atom is 0.328 e. The van der Waals surface area contributed by atoms with E-state index in [0.717, 1.165) is 55.8 Å². The number of hydrogen-bond donors (Lipinski definition) is 0. The van der Waals surface area contributed by atoms with Crippen molar-refractivity contribution in [2.24, 2.45) is 0 Å². The van der Waals surface area contributed by atoms with Gasteiger partial charge in [0.05, 0.1) is 28.4 Å². The van der Waals surface area contributed by atoms with Gasteiger partial charge in [0.2, 0.25) is 0 Å². The van der Waals surface area contributed by atoms with Gasteiger partial charge in [-0.15, -0.1) is 0 Å². The molecule has 10 aromatic carbocycles. The van der Waals surface area contributed by atoms with Gasteiger partial charge in [0.15, 0.2) is 13.9 Å². The molecule has 0 atom stereocenters. The average Bonchev–Trinajstić information content (AvgIpc) is 3.80. The van der Waals surface area contributed by atoms with E-state index >= 15 is 0 Å². The van der Waals surface area contributed by atoms with Crippen LogP contribution in [0.25, 0.3) is 61.4 Å². The van der Waals surface area contributed by atoms with Gasteiger partial charge >= 0.3 is 6.85 Å². The normalized spacial score (nSPS) is 12.1. The molecule has 3 heterocycles. The highest BCUT2D eigenvalue weighted by Gasteiger charge is 2.42. The average molecular weight is 934 g/mol. The summed E-state index contributed by atoms with van der Waals surface area (Å²) in [5.74, 6) is 1.34. The zero-order valence-corrected chi connectivity index (χ0v) is 40.2. The molecule has 0 radical (unpaired) electrons. The molecular formula is C65H44BN5Si. The van der Waals surface area contributed by atoms with Gasteiger partial charge in [-0.3, -0.25) is 4.57 Å². The fraction of sp³-hybridized carbons (Fsp3) is 0. The summed E-state index contributed by atoms with van der Waals surface area (Å²) in [5, 5.41) is 17.3. The Labute approximate surface area is 420 Å². The largest absolute Gasteiger partial charge is 0.376 e. The molecule has 0 saturated carbocycles. The lowest BCUT2D eigenvalue weighted by molar-refractivity contribution is 1.05. The molecule has 0 amide bonds. The molecule has 0 saturated heterocycles. The van der Waals surface area contributed by atoms with E-state index in [1.54, 1.807) is 0 Å². The predicted octanol–water partition coefficient (Wildman–Crippen LogP) is 11.1. The van der Waals surface area contributed by atoms with Gasteiger partial charge in [-0.25, -0.2) is 9.97 Å². The van der Waals surface area contributed by atoms with E-state index in [9.17, 15) is 5.26 Å². The number of benzene rings is 10. The molecule has 0 aliphatic carbocycles. The van der Waals surface area contributed by atoms with Gasteiger partial charge in [-0.05, 0) is 74.2 Å². The van der Waals surface area contributed by atoms with Crippen LogP contribution in [-0.4, -0.2) is 29.5 Å². The molecule has 0 unspecified atom stereocenters. The van der Waals surface area contributed by atoms with Crippen LogP contribution in [0.1, 0.15) is 5.56 Å². The van der Waals surface area contributed by atoms with E-state index in [-0.39, 0.29) is 6.85 Å². The van der Waals surface area contributed by atoms with Gasteiger partial charge < -0.3 is 4.81 Å². The highest BCUT2D eigenvalue weighted by atomic mass is 28.3. The summed E-state index contributed by atoms with van der Waals surface area (Å²) in [6.45, 7) is -0.0858. The third-order valence-corrected chi connectivity index (χ3v) is 19.2. The van der Waals surface area contributed by atoms with E-state index in [1.807, 2.05) is 18.2 Å². The minimum atomic E-state index is -2.89. The van der Waals surface area contributed by atoms with E-state index in [0.29, 0.717) is 11.4 Å². The summed E-state index contributed by atoms with van der Waals surface area (Å²) < 4.78 is 2.23. The smallest absolute Gasteiger partial charge is 0.328 e. The molecule has 12 aromatic rings. The van der Waals surface area contributed by atoms with Crippen LogP contribution in [0.5, 0.6) is 0 Å². The van der Waals surface area contributed by atoms with Crippen molar-refractivity contribution in [1.29, 1.82) is 5.26 Å². The molecule has 72 heavy (non-hydrogen) atoms. The van der Waals surface area contributed by atoms with Gasteiger partial charge in [-0.2, -0.15) is 5.26 Å².